The van der Waals surface area contributed by atoms with Crippen molar-refractivity contribution in [3.8, 4) is 5.75 Å². The van der Waals surface area contributed by atoms with E-state index in [9.17, 15) is 4.79 Å². The van der Waals surface area contributed by atoms with E-state index in [1.807, 2.05) is 6.07 Å². The van der Waals surface area contributed by atoms with E-state index in [4.69, 9.17) is 27.2 Å². The van der Waals surface area contributed by atoms with Gasteiger partial charge in [0.05, 0.1) is 17.3 Å². The van der Waals surface area contributed by atoms with Crippen LogP contribution in [0.15, 0.2) is 47.4 Å². The maximum Gasteiger partial charge on any atom is 0.339 e. The molecule has 0 aliphatic rings. The van der Waals surface area contributed by atoms with Crippen LogP contribution in [0, 0.1) is 0 Å². The van der Waals surface area contributed by atoms with Gasteiger partial charge in [-0.25, -0.2) is 4.79 Å². The Labute approximate surface area is 131 Å². The van der Waals surface area contributed by atoms with Crippen LogP contribution in [-0.2, 0) is 0 Å². The molecular formula is C15H14ClNO3S. The Morgan fingerprint density at radius 3 is 2.76 bits per heavy atom. The number of para-hydroxylation sites is 1. The zero-order valence-electron chi connectivity index (χ0n) is 11.1. The van der Waals surface area contributed by atoms with Crippen molar-refractivity contribution >= 4 is 35.0 Å². The van der Waals surface area contributed by atoms with E-state index in [1.54, 1.807) is 42.1 Å². The molecule has 110 valence electrons. The van der Waals surface area contributed by atoms with Crippen LogP contribution in [0.1, 0.15) is 10.4 Å². The number of benzene rings is 2. The fraction of sp³-hybridized carbons (Fsp3) is 0.133. The molecule has 0 unspecified atom stereocenters. The molecule has 0 bridgehead atoms. The molecule has 0 aliphatic carbocycles. The lowest BCUT2D eigenvalue weighted by Crippen LogP contribution is -2.05. The number of ether oxygens (including phenoxy) is 1. The van der Waals surface area contributed by atoms with Gasteiger partial charge in [0.2, 0.25) is 0 Å². The average Bonchev–Trinajstić information content (AvgIpc) is 2.47. The number of nitrogen functional groups attached to an aromatic ring is 1. The van der Waals surface area contributed by atoms with Crippen LogP contribution < -0.4 is 10.5 Å². The van der Waals surface area contributed by atoms with Crippen molar-refractivity contribution in [3.05, 3.63) is 53.1 Å². The first-order valence-corrected chi connectivity index (χ1v) is 7.57. The summed E-state index contributed by atoms with van der Waals surface area (Å²) in [7, 11) is 0. The summed E-state index contributed by atoms with van der Waals surface area (Å²) in [5.74, 6) is 0.0540. The summed E-state index contributed by atoms with van der Waals surface area (Å²) >= 11 is 7.51. The number of aromatic carboxylic acids is 1. The molecule has 0 saturated heterocycles. The van der Waals surface area contributed by atoms with Crippen LogP contribution in [0.2, 0.25) is 5.02 Å². The zero-order valence-corrected chi connectivity index (χ0v) is 12.7. The molecule has 2 aromatic carbocycles. The average molecular weight is 324 g/mol. The van der Waals surface area contributed by atoms with Crippen LogP contribution in [0.5, 0.6) is 5.75 Å². The number of thioether (sulfide) groups is 1. The topological polar surface area (TPSA) is 72.5 Å². The maximum absolute atomic E-state index is 11.0. The highest BCUT2D eigenvalue weighted by atomic mass is 35.5. The molecule has 0 aromatic heterocycles. The number of rotatable bonds is 6. The van der Waals surface area contributed by atoms with E-state index in [-0.39, 0.29) is 5.56 Å². The zero-order chi connectivity index (χ0) is 15.2. The van der Waals surface area contributed by atoms with Crippen LogP contribution in [0.4, 0.5) is 5.69 Å². The summed E-state index contributed by atoms with van der Waals surface area (Å²) in [4.78, 5) is 12.0. The minimum atomic E-state index is -0.997. The van der Waals surface area contributed by atoms with Crippen molar-refractivity contribution in [2.24, 2.45) is 0 Å². The fourth-order valence-electron chi connectivity index (χ4n) is 1.68. The van der Waals surface area contributed by atoms with Gasteiger partial charge in [-0.2, -0.15) is 0 Å². The lowest BCUT2D eigenvalue weighted by Gasteiger charge is -2.09. The van der Waals surface area contributed by atoms with Gasteiger partial charge in [-0.05, 0) is 30.3 Å². The lowest BCUT2D eigenvalue weighted by atomic mass is 10.2. The molecule has 0 amide bonds. The largest absolute Gasteiger partial charge is 0.492 e. The van der Waals surface area contributed by atoms with E-state index in [0.717, 1.165) is 4.90 Å². The lowest BCUT2D eigenvalue weighted by molar-refractivity contribution is 0.0692. The van der Waals surface area contributed by atoms with Crippen LogP contribution in [-0.4, -0.2) is 23.4 Å². The van der Waals surface area contributed by atoms with E-state index in [2.05, 4.69) is 0 Å². The molecule has 0 saturated carbocycles. The smallest absolute Gasteiger partial charge is 0.339 e. The predicted octanol–water partition coefficient (Wildman–Crippen LogP) is 3.79. The summed E-state index contributed by atoms with van der Waals surface area (Å²) in [6.07, 6.45) is 0. The Morgan fingerprint density at radius 2 is 2.05 bits per heavy atom. The molecule has 0 atom stereocenters. The van der Waals surface area contributed by atoms with Crippen LogP contribution >= 0.6 is 23.4 Å². The number of anilines is 1. The van der Waals surface area contributed by atoms with Gasteiger partial charge in [0, 0.05) is 10.6 Å². The van der Waals surface area contributed by atoms with Crippen molar-refractivity contribution in [2.75, 3.05) is 18.1 Å². The number of hydrogen-bond acceptors (Lipinski definition) is 4. The summed E-state index contributed by atoms with van der Waals surface area (Å²) in [6, 6.07) is 12.0. The minimum Gasteiger partial charge on any atom is -0.492 e. The first-order chi connectivity index (χ1) is 10.1. The predicted molar refractivity (Wildman–Crippen MR) is 85.5 cm³/mol. The highest BCUT2D eigenvalue weighted by molar-refractivity contribution is 7.99. The Kier molecular flexibility index (Phi) is 5.36. The Morgan fingerprint density at radius 1 is 1.29 bits per heavy atom. The first-order valence-electron chi connectivity index (χ1n) is 6.21. The number of carboxylic acid groups (broad SMARTS) is 1. The van der Waals surface area contributed by atoms with Crippen LogP contribution in [0.3, 0.4) is 0 Å². The maximum atomic E-state index is 11.0. The molecule has 6 heteroatoms. The third kappa shape index (κ3) is 4.31. The molecule has 2 rings (SSSR count). The number of carbonyl (C=O) groups is 1. The highest BCUT2D eigenvalue weighted by Crippen LogP contribution is 2.26. The molecule has 2 aromatic rings. The van der Waals surface area contributed by atoms with Crippen molar-refractivity contribution in [1.82, 2.24) is 0 Å². The molecule has 0 spiro atoms. The summed E-state index contributed by atoms with van der Waals surface area (Å²) in [5.41, 5.74) is 6.36. The van der Waals surface area contributed by atoms with Crippen molar-refractivity contribution in [1.29, 1.82) is 0 Å². The molecule has 4 nitrogen and oxygen atoms in total. The van der Waals surface area contributed by atoms with Gasteiger partial charge in [0.15, 0.2) is 0 Å². The van der Waals surface area contributed by atoms with Gasteiger partial charge < -0.3 is 15.6 Å². The van der Waals surface area contributed by atoms with Gasteiger partial charge in [0.25, 0.3) is 0 Å². The number of carboxylic acids is 1. The standard InChI is InChI=1S/C15H14ClNO3S/c16-12-9-10(5-6-13(12)17)21-8-7-20-14-4-2-1-3-11(14)15(18)19/h1-6,9H,7-8,17H2,(H,18,19). The second-order valence-corrected chi connectivity index (χ2v) is 5.76. The van der Waals surface area contributed by atoms with E-state index < -0.39 is 5.97 Å². The molecular weight excluding hydrogens is 310 g/mol. The fourth-order valence-corrected chi connectivity index (χ4v) is 2.69. The van der Waals surface area contributed by atoms with Gasteiger partial charge in [-0.15, -0.1) is 11.8 Å². The molecule has 0 radical (unpaired) electrons. The third-order valence-electron chi connectivity index (χ3n) is 2.70. The number of halogens is 1. The normalized spacial score (nSPS) is 10.3. The first kappa shape index (κ1) is 15.5. The summed E-state index contributed by atoms with van der Waals surface area (Å²) < 4.78 is 5.51. The van der Waals surface area contributed by atoms with Gasteiger partial charge in [-0.1, -0.05) is 23.7 Å². The highest BCUT2D eigenvalue weighted by Gasteiger charge is 2.09. The summed E-state index contributed by atoms with van der Waals surface area (Å²) in [5, 5.41) is 9.57. The second-order valence-electron chi connectivity index (χ2n) is 4.18. The third-order valence-corrected chi connectivity index (χ3v) is 3.98. The van der Waals surface area contributed by atoms with Crippen molar-refractivity contribution in [3.63, 3.8) is 0 Å². The Hall–Kier alpha value is -1.85. The quantitative estimate of drug-likeness (QED) is 0.480. The van der Waals surface area contributed by atoms with Crippen molar-refractivity contribution < 1.29 is 14.6 Å². The Balaban J connectivity index is 1.87. The summed E-state index contributed by atoms with van der Waals surface area (Å²) in [6.45, 7) is 0.400. The van der Waals surface area contributed by atoms with Crippen molar-refractivity contribution in [2.45, 2.75) is 4.90 Å². The number of nitrogens with two attached hydrogens (primary N) is 1. The molecule has 0 heterocycles. The van der Waals surface area contributed by atoms with E-state index in [0.29, 0.717) is 28.8 Å². The molecule has 0 aliphatic heterocycles. The Bertz CT molecular complexity index is 649. The van der Waals surface area contributed by atoms with E-state index >= 15 is 0 Å². The van der Waals surface area contributed by atoms with Gasteiger partial charge >= 0.3 is 5.97 Å². The molecule has 3 N–H and O–H groups in total. The van der Waals surface area contributed by atoms with Crippen LogP contribution in [0.25, 0.3) is 0 Å². The SMILES string of the molecule is Nc1ccc(SCCOc2ccccc2C(=O)O)cc1Cl. The number of hydrogen-bond donors (Lipinski definition) is 2. The van der Waals surface area contributed by atoms with E-state index in [1.165, 1.54) is 6.07 Å². The van der Waals surface area contributed by atoms with Gasteiger partial charge in [-0.3, -0.25) is 0 Å². The second kappa shape index (κ2) is 7.24. The monoisotopic (exact) mass is 323 g/mol. The molecule has 0 fully saturated rings. The van der Waals surface area contributed by atoms with Gasteiger partial charge in [0.1, 0.15) is 11.3 Å². The minimum absolute atomic E-state index is 0.165. The molecule has 21 heavy (non-hydrogen) atoms.